The van der Waals surface area contributed by atoms with Crippen LogP contribution in [0, 0.1) is 26.6 Å². The van der Waals surface area contributed by atoms with Crippen molar-refractivity contribution in [3.8, 4) is 0 Å². The Morgan fingerprint density at radius 2 is 1.45 bits per heavy atom. The summed E-state index contributed by atoms with van der Waals surface area (Å²) in [5, 5.41) is 0. The number of esters is 2. The molecule has 0 spiro atoms. The van der Waals surface area contributed by atoms with Gasteiger partial charge in [0.05, 0.1) is 0 Å². The minimum atomic E-state index is -0.574. The van der Waals surface area contributed by atoms with E-state index >= 15 is 0 Å². The van der Waals surface area contributed by atoms with Crippen LogP contribution in [0.15, 0.2) is 22.9 Å². The van der Waals surface area contributed by atoms with Crippen LogP contribution >= 0.6 is 0 Å². The Kier molecular flexibility index (Phi) is 23.8. The molecule has 0 saturated carbocycles. The van der Waals surface area contributed by atoms with E-state index in [-0.39, 0.29) is 9.95 Å². The van der Waals surface area contributed by atoms with Crippen LogP contribution in [0.25, 0.3) is 0 Å². The standard InChI is InChI=1S/C16H21NO5.4CO.Cr/c1-20-14(18)11-13(16(19)21-2)15(12-5-3-4-6-12)17-7-9-22-10-8-17;4*1-2;/h5H,3-4,6-10H2,1-2H3;;;;;/b15-13-;;;;;. The van der Waals surface area contributed by atoms with Crippen LogP contribution in [0.3, 0.4) is 0 Å². The van der Waals surface area contributed by atoms with Gasteiger partial charge >= 0.3 is 189 Å². The van der Waals surface area contributed by atoms with Crippen LogP contribution in [-0.2, 0) is 58.3 Å². The van der Waals surface area contributed by atoms with Crippen LogP contribution in [0.1, 0.15) is 19.3 Å². The van der Waals surface area contributed by atoms with Crippen LogP contribution in [0.4, 0.5) is 0 Å². The van der Waals surface area contributed by atoms with Gasteiger partial charge < -0.3 is 0 Å². The minimum absolute atomic E-state index is 0.147. The Morgan fingerprint density at radius 1 is 0.968 bits per heavy atom. The molecule has 0 atom stereocenters. The number of hydrogen-bond donors (Lipinski definition) is 0. The fourth-order valence-corrected chi connectivity index (χ4v) is 3.20. The van der Waals surface area contributed by atoms with Crippen LogP contribution in [-0.4, -0.2) is 61.7 Å². The van der Waals surface area contributed by atoms with Gasteiger partial charge in [0.15, 0.2) is 0 Å². The number of carbonyl (C=O) groups is 2. The summed E-state index contributed by atoms with van der Waals surface area (Å²) in [5.41, 5.74) is 2.08. The number of rotatable bonds is 5. The first-order chi connectivity index (χ1) is 15.1. The first-order valence-electron chi connectivity index (χ1n) is 8.39. The van der Waals surface area contributed by atoms with Crippen molar-refractivity contribution < 1.29 is 58.3 Å². The SMILES string of the molecule is COC(=O)[C](=[Cr])/C(C(=O)OC)=C(\C1=CCCC1)N1CCOCC1.[C-]#[O+].[C-]#[O+].[C-]#[O+].[C-]#[O+]. The van der Waals surface area contributed by atoms with E-state index in [1.165, 1.54) is 14.2 Å². The van der Waals surface area contributed by atoms with Crippen molar-refractivity contribution in [2.45, 2.75) is 19.3 Å². The topological polar surface area (TPSA) is 145 Å². The second-order valence-electron chi connectivity index (χ2n) is 5.26. The summed E-state index contributed by atoms with van der Waals surface area (Å²) in [6, 6.07) is 0. The Morgan fingerprint density at radius 3 is 1.84 bits per heavy atom. The predicted molar refractivity (Wildman–Crippen MR) is 96.1 cm³/mol. The van der Waals surface area contributed by atoms with Crippen LogP contribution in [0.5, 0.6) is 0 Å². The van der Waals surface area contributed by atoms with Gasteiger partial charge in [-0.15, -0.1) is 0 Å². The summed E-state index contributed by atoms with van der Waals surface area (Å²) >= 11 is 2.68. The van der Waals surface area contributed by atoms with Crippen molar-refractivity contribution in [3.63, 3.8) is 0 Å². The molecular weight excluding hydrogens is 450 g/mol. The van der Waals surface area contributed by atoms with E-state index < -0.39 is 11.9 Å². The molecule has 0 unspecified atom stereocenters. The number of hydrogen-bond acceptors (Lipinski definition) is 6. The van der Waals surface area contributed by atoms with E-state index in [1.54, 1.807) is 0 Å². The molecule has 166 valence electrons. The Balaban J connectivity index is -0.000000879. The first-order valence-corrected chi connectivity index (χ1v) is 9.03. The van der Waals surface area contributed by atoms with E-state index in [1.807, 2.05) is 0 Å². The average molecular weight is 471 g/mol. The third-order valence-corrected chi connectivity index (χ3v) is 4.48. The molecule has 0 aromatic heterocycles. The van der Waals surface area contributed by atoms with Gasteiger partial charge in [-0.05, 0) is 0 Å². The molecule has 0 aromatic rings. The second kappa shape index (κ2) is 22.2. The molecule has 1 aliphatic heterocycles. The second-order valence-corrected chi connectivity index (χ2v) is 5.89. The molecule has 0 bridgehead atoms. The van der Waals surface area contributed by atoms with Crippen LogP contribution in [0.2, 0.25) is 0 Å². The van der Waals surface area contributed by atoms with Gasteiger partial charge in [-0.1, -0.05) is 0 Å². The summed E-state index contributed by atoms with van der Waals surface area (Å²) in [5.74, 6) is -1.12. The number of morpholine rings is 1. The number of ether oxygens (including phenoxy) is 3. The van der Waals surface area contributed by atoms with Gasteiger partial charge in [-0.2, -0.15) is 0 Å². The van der Waals surface area contributed by atoms with E-state index in [9.17, 15) is 9.59 Å². The fourth-order valence-electron chi connectivity index (χ4n) is 2.79. The van der Waals surface area contributed by atoms with E-state index in [0.717, 1.165) is 30.5 Å². The molecule has 1 saturated heterocycles. The summed E-state index contributed by atoms with van der Waals surface area (Å²) in [7, 11) is 2.60. The molecule has 2 rings (SSSR count). The summed E-state index contributed by atoms with van der Waals surface area (Å²) < 4.78 is 45.3. The predicted octanol–water partition coefficient (Wildman–Crippen LogP) is 0.598. The van der Waals surface area contributed by atoms with Gasteiger partial charge in [-0.25, -0.2) is 0 Å². The molecule has 1 fully saturated rings. The molecule has 1 aliphatic carbocycles. The molecular formula is C20H21CrNO9. The maximum atomic E-state index is 12.4. The van der Waals surface area contributed by atoms with Gasteiger partial charge in [0.1, 0.15) is 0 Å². The van der Waals surface area contributed by atoms with Gasteiger partial charge in [0.2, 0.25) is 0 Å². The van der Waals surface area contributed by atoms with Crippen molar-refractivity contribution in [2.75, 3.05) is 40.5 Å². The van der Waals surface area contributed by atoms with Gasteiger partial charge in [0.25, 0.3) is 0 Å². The third kappa shape index (κ3) is 10.9. The maximum absolute atomic E-state index is 12.4. The molecule has 0 N–H and O–H groups in total. The molecule has 0 amide bonds. The number of allylic oxidation sites excluding steroid dienone is 2. The van der Waals surface area contributed by atoms with E-state index in [2.05, 4.69) is 53.4 Å². The molecule has 31 heavy (non-hydrogen) atoms. The zero-order chi connectivity index (χ0) is 24.8. The van der Waals surface area contributed by atoms with Crippen molar-refractivity contribution >= 4 is 16.3 Å². The van der Waals surface area contributed by atoms with E-state index in [4.69, 9.17) is 32.8 Å². The zero-order valence-corrected chi connectivity index (χ0v) is 18.3. The molecule has 1 heterocycles. The number of nitrogens with zero attached hydrogens (tertiary/aromatic N) is 1. The van der Waals surface area contributed by atoms with Crippen molar-refractivity contribution in [2.24, 2.45) is 0 Å². The molecule has 11 heteroatoms. The van der Waals surface area contributed by atoms with Crippen molar-refractivity contribution in [1.29, 1.82) is 0 Å². The molecule has 0 radical (unpaired) electrons. The molecule has 10 nitrogen and oxygen atoms in total. The molecule has 0 aromatic carbocycles. The van der Waals surface area contributed by atoms with Crippen molar-refractivity contribution in [3.05, 3.63) is 49.5 Å². The normalized spacial score (nSPS) is 14.3. The van der Waals surface area contributed by atoms with Crippen molar-refractivity contribution in [1.82, 2.24) is 4.90 Å². The van der Waals surface area contributed by atoms with Gasteiger partial charge in [0, 0.05) is 0 Å². The Labute approximate surface area is 189 Å². The van der Waals surface area contributed by atoms with E-state index in [0.29, 0.717) is 26.3 Å². The summed E-state index contributed by atoms with van der Waals surface area (Å²) in [6.45, 7) is 20.5. The fraction of sp³-hybridized carbons (Fsp3) is 0.450. The quantitative estimate of drug-likeness (QED) is 0.248. The third-order valence-electron chi connectivity index (χ3n) is 3.90. The molecule has 2 aliphatic rings. The Hall–Kier alpha value is -2.46. The van der Waals surface area contributed by atoms with Crippen LogP contribution < -0.4 is 0 Å². The number of methoxy groups -OCH3 is 2. The summed E-state index contributed by atoms with van der Waals surface area (Å²) in [4.78, 5) is 26.5. The number of carbonyl (C=O) groups excluding carboxylic acids is 2. The zero-order valence-electron chi connectivity index (χ0n) is 17.1. The summed E-state index contributed by atoms with van der Waals surface area (Å²) in [6.07, 6.45) is 5.01. The van der Waals surface area contributed by atoms with Gasteiger partial charge in [-0.3, -0.25) is 0 Å². The average Bonchev–Trinajstić information content (AvgIpc) is 3.41. The first kappa shape index (κ1) is 33.2. The Bertz CT molecular complexity index is 702. The monoisotopic (exact) mass is 471 g/mol.